The fourth-order valence-corrected chi connectivity index (χ4v) is 6.92. The highest BCUT2D eigenvalue weighted by atomic mass is 32.2. The molecule has 7 nitrogen and oxygen atoms in total. The van der Waals surface area contributed by atoms with Crippen LogP contribution < -0.4 is 14.3 Å². The maximum atomic E-state index is 15.5. The molecule has 1 saturated carbocycles. The fraction of sp³-hybridized carbons (Fsp3) is 0.542. The largest absolute Gasteiger partial charge is 0.506 e. The van der Waals surface area contributed by atoms with Gasteiger partial charge in [-0.2, -0.15) is 8.42 Å². The summed E-state index contributed by atoms with van der Waals surface area (Å²) in [6.07, 6.45) is 11.0. The standard InChI is InChI=1S/C24H30FN3O4S/c25-22-19-12-16(18-8-11-24(26-14-18)9-4-2-1-3-5-10-24)6-7-17(19)13-20(29)23(22)28-15-21(30)27-33(28,31)32/h6-7,12-13,18,26,29H,1-5,8-11,14-15H2,(H,27,30). The smallest absolute Gasteiger partial charge is 0.326 e. The van der Waals surface area contributed by atoms with E-state index < -0.39 is 39.9 Å². The van der Waals surface area contributed by atoms with E-state index in [0.29, 0.717) is 9.69 Å². The lowest BCUT2D eigenvalue weighted by Gasteiger charge is -2.43. The van der Waals surface area contributed by atoms with Crippen molar-refractivity contribution < 1.29 is 22.7 Å². The topological polar surface area (TPSA) is 98.7 Å². The monoisotopic (exact) mass is 475 g/mol. The summed E-state index contributed by atoms with van der Waals surface area (Å²) in [6.45, 7) is 0.267. The molecule has 3 aliphatic rings. The molecule has 2 heterocycles. The van der Waals surface area contributed by atoms with E-state index in [0.717, 1.165) is 24.9 Å². The molecule has 3 N–H and O–H groups in total. The summed E-state index contributed by atoms with van der Waals surface area (Å²) in [4.78, 5) is 11.6. The van der Waals surface area contributed by atoms with E-state index in [4.69, 9.17) is 0 Å². The second-order valence-electron chi connectivity index (χ2n) is 9.74. The van der Waals surface area contributed by atoms with Crippen LogP contribution in [-0.4, -0.2) is 38.1 Å². The van der Waals surface area contributed by atoms with Crippen molar-refractivity contribution in [3.8, 4) is 5.75 Å². The highest BCUT2D eigenvalue weighted by Gasteiger charge is 2.38. The van der Waals surface area contributed by atoms with Crippen LogP contribution in [0.4, 0.5) is 10.1 Å². The summed E-state index contributed by atoms with van der Waals surface area (Å²) in [5.41, 5.74) is 0.722. The molecular formula is C24H30FN3O4S. The van der Waals surface area contributed by atoms with Crippen LogP contribution in [0, 0.1) is 5.82 Å². The maximum Gasteiger partial charge on any atom is 0.326 e. The van der Waals surface area contributed by atoms with Crippen LogP contribution in [0.1, 0.15) is 69.3 Å². The Kier molecular flexibility index (Phi) is 5.73. The number of anilines is 1. The molecule has 3 fully saturated rings. The number of nitrogens with one attached hydrogen (secondary N) is 2. The number of rotatable bonds is 2. The molecule has 0 radical (unpaired) electrons. The molecule has 178 valence electrons. The van der Waals surface area contributed by atoms with E-state index in [9.17, 15) is 18.3 Å². The van der Waals surface area contributed by atoms with Gasteiger partial charge in [0.25, 0.3) is 5.91 Å². The lowest BCUT2D eigenvalue weighted by Crippen LogP contribution is -2.50. The van der Waals surface area contributed by atoms with Crippen molar-refractivity contribution in [2.24, 2.45) is 0 Å². The molecule has 9 heteroatoms. The zero-order valence-electron chi connectivity index (χ0n) is 18.6. The first-order chi connectivity index (χ1) is 15.8. The molecule has 2 aromatic carbocycles. The van der Waals surface area contributed by atoms with Crippen molar-refractivity contribution in [1.29, 1.82) is 0 Å². The van der Waals surface area contributed by atoms with E-state index in [1.54, 1.807) is 12.1 Å². The van der Waals surface area contributed by atoms with Crippen LogP contribution >= 0.6 is 0 Å². The van der Waals surface area contributed by atoms with E-state index in [1.807, 2.05) is 10.8 Å². The van der Waals surface area contributed by atoms with Crippen LogP contribution in [0.3, 0.4) is 0 Å². The van der Waals surface area contributed by atoms with Gasteiger partial charge < -0.3 is 10.4 Å². The van der Waals surface area contributed by atoms with Crippen molar-refractivity contribution in [1.82, 2.24) is 10.0 Å². The second kappa shape index (κ2) is 8.43. The third kappa shape index (κ3) is 4.17. The van der Waals surface area contributed by atoms with Gasteiger partial charge in [0.2, 0.25) is 0 Å². The van der Waals surface area contributed by atoms with Crippen molar-refractivity contribution >= 4 is 32.6 Å². The number of benzene rings is 2. The summed E-state index contributed by atoms with van der Waals surface area (Å²) in [5.74, 6) is -1.88. The minimum atomic E-state index is -4.23. The molecule has 5 rings (SSSR count). The number of nitrogens with zero attached hydrogens (tertiary/aromatic N) is 1. The zero-order valence-corrected chi connectivity index (χ0v) is 19.4. The van der Waals surface area contributed by atoms with Crippen LogP contribution in [0.2, 0.25) is 0 Å². The van der Waals surface area contributed by atoms with E-state index in [-0.39, 0.29) is 16.8 Å². The number of amides is 1. The third-order valence-corrected chi connectivity index (χ3v) is 8.98. The highest BCUT2D eigenvalue weighted by Crippen LogP contribution is 2.41. The number of hydrogen-bond donors (Lipinski definition) is 3. The lowest BCUT2D eigenvalue weighted by molar-refractivity contribution is -0.117. The Balaban J connectivity index is 1.43. The number of carbonyl (C=O) groups is 1. The number of fused-ring (bicyclic) bond motifs is 1. The van der Waals surface area contributed by atoms with Gasteiger partial charge in [0.15, 0.2) is 5.82 Å². The summed E-state index contributed by atoms with van der Waals surface area (Å²) < 4.78 is 42.4. The number of aromatic hydroxyl groups is 1. The Morgan fingerprint density at radius 1 is 1.06 bits per heavy atom. The van der Waals surface area contributed by atoms with Crippen molar-refractivity contribution in [3.63, 3.8) is 0 Å². The van der Waals surface area contributed by atoms with E-state index in [2.05, 4.69) is 5.32 Å². The number of piperidine rings is 1. The van der Waals surface area contributed by atoms with Gasteiger partial charge in [-0.05, 0) is 54.7 Å². The number of phenolic OH excluding ortho intramolecular Hbond substituents is 1. The first kappa shape index (κ1) is 22.4. The van der Waals surface area contributed by atoms with Gasteiger partial charge in [0.05, 0.1) is 0 Å². The van der Waals surface area contributed by atoms with Gasteiger partial charge in [-0.3, -0.25) is 4.79 Å². The van der Waals surface area contributed by atoms with E-state index in [1.165, 1.54) is 51.0 Å². The Labute approximate surface area is 193 Å². The van der Waals surface area contributed by atoms with Crippen molar-refractivity contribution in [3.05, 3.63) is 35.6 Å². The van der Waals surface area contributed by atoms with Crippen LogP contribution in [0.5, 0.6) is 5.75 Å². The predicted molar refractivity (Wildman–Crippen MR) is 125 cm³/mol. The summed E-state index contributed by atoms with van der Waals surface area (Å²) >= 11 is 0. The normalized spacial score (nSPS) is 25.1. The van der Waals surface area contributed by atoms with Crippen LogP contribution in [-0.2, 0) is 15.0 Å². The van der Waals surface area contributed by atoms with Crippen LogP contribution in [0.15, 0.2) is 24.3 Å². The predicted octanol–water partition coefficient (Wildman–Crippen LogP) is 3.82. The number of carbonyl (C=O) groups excluding carboxylic acids is 1. The van der Waals surface area contributed by atoms with E-state index >= 15 is 4.39 Å². The summed E-state index contributed by atoms with van der Waals surface area (Å²) in [6, 6.07) is 6.83. The minimum absolute atomic E-state index is 0.224. The Bertz CT molecular complexity index is 1180. The molecule has 33 heavy (non-hydrogen) atoms. The first-order valence-corrected chi connectivity index (χ1v) is 13.3. The molecule has 1 spiro atoms. The van der Waals surface area contributed by atoms with Crippen molar-refractivity contribution in [2.75, 3.05) is 17.4 Å². The average molecular weight is 476 g/mol. The SMILES string of the molecule is O=C1CN(c2c(O)cc3ccc(C4CCC5(CCCCCCC5)NC4)cc3c2F)S(=O)(=O)N1. The van der Waals surface area contributed by atoms with Gasteiger partial charge in [-0.1, -0.05) is 44.2 Å². The zero-order chi connectivity index (χ0) is 23.2. The summed E-state index contributed by atoms with van der Waals surface area (Å²) in [7, 11) is -4.23. The Morgan fingerprint density at radius 3 is 2.42 bits per heavy atom. The molecule has 1 amide bonds. The van der Waals surface area contributed by atoms with Crippen LogP contribution in [0.25, 0.3) is 10.8 Å². The average Bonchev–Trinajstić information content (AvgIpc) is 3.03. The Morgan fingerprint density at radius 2 is 1.79 bits per heavy atom. The molecule has 2 saturated heterocycles. The van der Waals surface area contributed by atoms with Gasteiger partial charge in [0.1, 0.15) is 18.0 Å². The molecule has 1 unspecified atom stereocenters. The lowest BCUT2D eigenvalue weighted by atomic mass is 9.74. The van der Waals surface area contributed by atoms with Gasteiger partial charge in [0, 0.05) is 17.5 Å². The fourth-order valence-electron chi connectivity index (χ4n) is 5.76. The van der Waals surface area contributed by atoms with Gasteiger partial charge in [-0.25, -0.2) is 13.4 Å². The third-order valence-electron chi connectivity index (χ3n) is 7.60. The second-order valence-corrected chi connectivity index (χ2v) is 11.3. The quantitative estimate of drug-likeness (QED) is 0.614. The number of phenols is 1. The molecule has 0 bridgehead atoms. The molecule has 2 aliphatic heterocycles. The van der Waals surface area contributed by atoms with Crippen molar-refractivity contribution in [2.45, 2.75) is 69.2 Å². The molecule has 0 aromatic heterocycles. The molecular weight excluding hydrogens is 445 g/mol. The Hall–Kier alpha value is -2.39. The number of hydrogen-bond acceptors (Lipinski definition) is 5. The van der Waals surface area contributed by atoms with Gasteiger partial charge in [-0.15, -0.1) is 0 Å². The van der Waals surface area contributed by atoms with Gasteiger partial charge >= 0.3 is 10.2 Å². The minimum Gasteiger partial charge on any atom is -0.506 e. The molecule has 1 atom stereocenters. The maximum absolute atomic E-state index is 15.5. The molecule has 1 aliphatic carbocycles. The molecule has 2 aromatic rings. The summed E-state index contributed by atoms with van der Waals surface area (Å²) in [5, 5.41) is 14.9. The highest BCUT2D eigenvalue weighted by molar-refractivity contribution is 7.92. The first-order valence-electron chi connectivity index (χ1n) is 11.8. The number of halogens is 1.